The molecule has 1 heterocycles. The van der Waals surface area contributed by atoms with E-state index in [0.717, 1.165) is 25.8 Å². The van der Waals surface area contributed by atoms with Crippen molar-refractivity contribution in [3.05, 3.63) is 0 Å². The van der Waals surface area contributed by atoms with Crippen molar-refractivity contribution in [3.8, 4) is 0 Å². The second-order valence-electron chi connectivity index (χ2n) is 5.38. The number of carbonyl (C=O) groups is 1. The molecule has 0 aromatic rings. The van der Waals surface area contributed by atoms with E-state index in [9.17, 15) is 4.79 Å². The summed E-state index contributed by atoms with van der Waals surface area (Å²) in [5, 5.41) is 0. The van der Waals surface area contributed by atoms with Gasteiger partial charge in [-0.1, -0.05) is 20.3 Å². The molecule has 0 aliphatic carbocycles. The molecule has 1 atom stereocenters. The molecule has 0 bridgehead atoms. The standard InChI is InChI=1S/C14H28N2O2/c1-4-6-9-16(12(3)5-2)13(17)14(15)7-10-18-11-8-14/h12H,4-11,15H2,1-3H3. The topological polar surface area (TPSA) is 55.6 Å². The number of nitrogens with two attached hydrogens (primary N) is 1. The quantitative estimate of drug-likeness (QED) is 0.790. The van der Waals surface area contributed by atoms with Crippen LogP contribution in [-0.4, -0.2) is 42.1 Å². The zero-order valence-electron chi connectivity index (χ0n) is 12.1. The van der Waals surface area contributed by atoms with Crippen LogP contribution in [0.1, 0.15) is 52.9 Å². The van der Waals surface area contributed by atoms with Gasteiger partial charge in [0, 0.05) is 25.8 Å². The maximum atomic E-state index is 12.7. The molecule has 4 heteroatoms. The van der Waals surface area contributed by atoms with Crippen molar-refractivity contribution < 1.29 is 9.53 Å². The molecule has 2 N–H and O–H groups in total. The highest BCUT2D eigenvalue weighted by Gasteiger charge is 2.39. The fraction of sp³-hybridized carbons (Fsp3) is 0.929. The Morgan fingerprint density at radius 2 is 2.00 bits per heavy atom. The molecule has 0 spiro atoms. The van der Waals surface area contributed by atoms with Crippen molar-refractivity contribution in [1.82, 2.24) is 4.90 Å². The van der Waals surface area contributed by atoms with Gasteiger partial charge >= 0.3 is 0 Å². The maximum Gasteiger partial charge on any atom is 0.243 e. The molecular weight excluding hydrogens is 228 g/mol. The van der Waals surface area contributed by atoms with E-state index in [4.69, 9.17) is 10.5 Å². The third-order valence-corrected chi connectivity index (χ3v) is 3.95. The summed E-state index contributed by atoms with van der Waals surface area (Å²) in [6.45, 7) is 8.39. The van der Waals surface area contributed by atoms with Gasteiger partial charge < -0.3 is 15.4 Å². The molecule has 1 amide bonds. The Bertz CT molecular complexity index is 263. The van der Waals surface area contributed by atoms with Crippen LogP contribution >= 0.6 is 0 Å². The molecule has 1 saturated heterocycles. The van der Waals surface area contributed by atoms with Gasteiger partial charge in [-0.3, -0.25) is 4.79 Å². The fourth-order valence-corrected chi connectivity index (χ4v) is 2.31. The number of unbranched alkanes of at least 4 members (excludes halogenated alkanes) is 1. The molecule has 106 valence electrons. The van der Waals surface area contributed by atoms with Crippen molar-refractivity contribution >= 4 is 5.91 Å². The molecule has 4 nitrogen and oxygen atoms in total. The molecule has 1 aliphatic rings. The average Bonchev–Trinajstić information content (AvgIpc) is 2.39. The van der Waals surface area contributed by atoms with Gasteiger partial charge in [0.15, 0.2) is 0 Å². The van der Waals surface area contributed by atoms with Crippen LogP contribution in [0.3, 0.4) is 0 Å². The van der Waals surface area contributed by atoms with Crippen molar-refractivity contribution in [1.29, 1.82) is 0 Å². The minimum Gasteiger partial charge on any atom is -0.381 e. The summed E-state index contributed by atoms with van der Waals surface area (Å²) in [5.74, 6) is 0.119. The number of hydrogen-bond donors (Lipinski definition) is 1. The molecule has 1 rings (SSSR count). The molecule has 1 unspecified atom stereocenters. The average molecular weight is 256 g/mol. The van der Waals surface area contributed by atoms with Crippen LogP contribution in [0.5, 0.6) is 0 Å². The number of rotatable bonds is 6. The number of hydrogen-bond acceptors (Lipinski definition) is 3. The van der Waals surface area contributed by atoms with Gasteiger partial charge in [-0.25, -0.2) is 0 Å². The molecular formula is C14H28N2O2. The summed E-state index contributed by atoms with van der Waals surface area (Å²) in [6, 6.07) is 0.271. The lowest BCUT2D eigenvalue weighted by Crippen LogP contribution is -2.59. The van der Waals surface area contributed by atoms with E-state index in [0.29, 0.717) is 26.1 Å². The summed E-state index contributed by atoms with van der Waals surface area (Å²) >= 11 is 0. The fourth-order valence-electron chi connectivity index (χ4n) is 2.31. The Labute approximate surface area is 111 Å². The van der Waals surface area contributed by atoms with Gasteiger partial charge in [0.05, 0.1) is 5.54 Å². The van der Waals surface area contributed by atoms with Crippen molar-refractivity contribution in [2.45, 2.75) is 64.5 Å². The molecule has 0 aromatic heterocycles. The zero-order valence-corrected chi connectivity index (χ0v) is 12.1. The minimum atomic E-state index is -0.699. The smallest absolute Gasteiger partial charge is 0.243 e. The van der Waals surface area contributed by atoms with Gasteiger partial charge in [0.2, 0.25) is 5.91 Å². The summed E-state index contributed by atoms with van der Waals surface area (Å²) < 4.78 is 5.31. The first-order valence-corrected chi connectivity index (χ1v) is 7.23. The predicted molar refractivity (Wildman–Crippen MR) is 73.3 cm³/mol. The van der Waals surface area contributed by atoms with Crippen molar-refractivity contribution in [3.63, 3.8) is 0 Å². The van der Waals surface area contributed by atoms with E-state index in [1.54, 1.807) is 0 Å². The van der Waals surface area contributed by atoms with Crippen LogP contribution in [0.25, 0.3) is 0 Å². The van der Waals surface area contributed by atoms with Crippen molar-refractivity contribution in [2.75, 3.05) is 19.8 Å². The highest BCUT2D eigenvalue weighted by Crippen LogP contribution is 2.22. The zero-order chi connectivity index (χ0) is 13.6. The van der Waals surface area contributed by atoms with E-state index in [-0.39, 0.29) is 11.9 Å². The molecule has 1 aliphatic heterocycles. The Balaban J connectivity index is 2.73. The summed E-state index contributed by atoms with van der Waals surface area (Å²) in [4.78, 5) is 14.7. The van der Waals surface area contributed by atoms with Crippen LogP contribution in [0.2, 0.25) is 0 Å². The summed E-state index contributed by atoms with van der Waals surface area (Å²) in [7, 11) is 0. The van der Waals surface area contributed by atoms with Gasteiger partial charge in [0.1, 0.15) is 0 Å². The number of ether oxygens (including phenoxy) is 1. The minimum absolute atomic E-state index is 0.119. The Hall–Kier alpha value is -0.610. The molecule has 1 fully saturated rings. The SMILES string of the molecule is CCCCN(C(=O)C1(N)CCOCC1)C(C)CC. The molecule has 0 radical (unpaired) electrons. The lowest BCUT2D eigenvalue weighted by atomic mass is 9.89. The van der Waals surface area contributed by atoms with E-state index in [2.05, 4.69) is 20.8 Å². The first-order valence-electron chi connectivity index (χ1n) is 7.23. The summed E-state index contributed by atoms with van der Waals surface area (Å²) in [6.07, 6.45) is 4.40. The second kappa shape index (κ2) is 7.10. The Morgan fingerprint density at radius 3 is 2.50 bits per heavy atom. The first-order chi connectivity index (χ1) is 8.55. The number of carbonyl (C=O) groups excluding carboxylic acids is 1. The maximum absolute atomic E-state index is 12.7. The van der Waals surface area contributed by atoms with Crippen molar-refractivity contribution in [2.24, 2.45) is 5.73 Å². The van der Waals surface area contributed by atoms with Crippen LogP contribution < -0.4 is 5.73 Å². The van der Waals surface area contributed by atoms with E-state index >= 15 is 0 Å². The van der Waals surface area contributed by atoms with E-state index in [1.165, 1.54) is 0 Å². The second-order valence-corrected chi connectivity index (χ2v) is 5.38. The van der Waals surface area contributed by atoms with Gasteiger partial charge in [-0.2, -0.15) is 0 Å². The van der Waals surface area contributed by atoms with Gasteiger partial charge in [-0.05, 0) is 32.6 Å². The lowest BCUT2D eigenvalue weighted by molar-refractivity contribution is -0.142. The molecule has 0 saturated carbocycles. The first kappa shape index (κ1) is 15.4. The number of amides is 1. The Morgan fingerprint density at radius 1 is 1.39 bits per heavy atom. The monoisotopic (exact) mass is 256 g/mol. The van der Waals surface area contributed by atoms with E-state index < -0.39 is 5.54 Å². The van der Waals surface area contributed by atoms with Gasteiger partial charge in [-0.15, -0.1) is 0 Å². The highest BCUT2D eigenvalue weighted by atomic mass is 16.5. The third kappa shape index (κ3) is 3.69. The lowest BCUT2D eigenvalue weighted by Gasteiger charge is -2.39. The van der Waals surface area contributed by atoms with Crippen LogP contribution in [-0.2, 0) is 9.53 Å². The highest BCUT2D eigenvalue weighted by molar-refractivity contribution is 5.86. The predicted octanol–water partition coefficient (Wildman–Crippen LogP) is 1.92. The third-order valence-electron chi connectivity index (χ3n) is 3.95. The summed E-state index contributed by atoms with van der Waals surface area (Å²) in [5.41, 5.74) is 5.60. The number of nitrogens with zero attached hydrogens (tertiary/aromatic N) is 1. The Kier molecular flexibility index (Phi) is 6.09. The largest absolute Gasteiger partial charge is 0.381 e. The molecule has 18 heavy (non-hydrogen) atoms. The normalized spacial score (nSPS) is 20.4. The van der Waals surface area contributed by atoms with Crippen LogP contribution in [0.4, 0.5) is 0 Å². The van der Waals surface area contributed by atoms with Crippen LogP contribution in [0, 0.1) is 0 Å². The van der Waals surface area contributed by atoms with E-state index in [1.807, 2.05) is 4.90 Å². The van der Waals surface area contributed by atoms with Crippen LogP contribution in [0.15, 0.2) is 0 Å². The van der Waals surface area contributed by atoms with Gasteiger partial charge in [0.25, 0.3) is 0 Å². The molecule has 0 aromatic carbocycles.